The van der Waals surface area contributed by atoms with Gasteiger partial charge in [0.25, 0.3) is 5.56 Å². The Balaban J connectivity index is 1.27. The lowest BCUT2D eigenvalue weighted by Gasteiger charge is -2.23. The average Bonchev–Trinajstić information content (AvgIpc) is 3.19. The number of hydrogen-bond donors (Lipinski definition) is 1. The van der Waals surface area contributed by atoms with E-state index in [2.05, 4.69) is 22.4 Å². The van der Waals surface area contributed by atoms with Crippen molar-refractivity contribution in [2.24, 2.45) is 0 Å². The minimum atomic E-state index is -0.568. The fourth-order valence-electron chi connectivity index (χ4n) is 4.55. The zero-order valence-electron chi connectivity index (χ0n) is 18.2. The van der Waals surface area contributed by atoms with Crippen molar-refractivity contribution in [3.8, 4) is 0 Å². The number of fused-ring (bicyclic) bond motifs is 3. The number of halogens is 2. The van der Waals surface area contributed by atoms with E-state index in [1.807, 2.05) is 18.2 Å². The van der Waals surface area contributed by atoms with Gasteiger partial charge >= 0.3 is 0 Å². The first-order valence-electron chi connectivity index (χ1n) is 11.3. The molecule has 1 aliphatic rings. The Labute approximate surface area is 194 Å². The SMILES string of the molecule is O=c1c2c3c(sc2ncn1CCCc1ccccc1)CC(NCc1ccc(F)cc1F)CC3. The van der Waals surface area contributed by atoms with Crippen LogP contribution in [0, 0.1) is 11.6 Å². The van der Waals surface area contributed by atoms with Gasteiger partial charge in [0.05, 0.1) is 11.7 Å². The largest absolute Gasteiger partial charge is 0.309 e. The Morgan fingerprint density at radius 3 is 2.82 bits per heavy atom. The number of rotatable bonds is 7. The van der Waals surface area contributed by atoms with Crippen LogP contribution < -0.4 is 10.9 Å². The molecule has 7 heteroatoms. The van der Waals surface area contributed by atoms with Crippen LogP contribution in [0.15, 0.2) is 59.7 Å². The Morgan fingerprint density at radius 1 is 1.15 bits per heavy atom. The molecular formula is C26H25F2N3OS. The maximum Gasteiger partial charge on any atom is 0.262 e. The molecular weight excluding hydrogens is 440 g/mol. The molecule has 1 unspecified atom stereocenters. The van der Waals surface area contributed by atoms with Gasteiger partial charge in [0.1, 0.15) is 16.5 Å². The highest BCUT2D eigenvalue weighted by Gasteiger charge is 2.25. The third kappa shape index (κ3) is 4.75. The molecule has 1 N–H and O–H groups in total. The normalized spacial score (nSPS) is 15.6. The molecule has 4 nitrogen and oxygen atoms in total. The molecule has 0 spiro atoms. The number of hydrogen-bond acceptors (Lipinski definition) is 4. The smallest absolute Gasteiger partial charge is 0.262 e. The van der Waals surface area contributed by atoms with Crippen molar-refractivity contribution in [3.63, 3.8) is 0 Å². The van der Waals surface area contributed by atoms with E-state index in [9.17, 15) is 13.6 Å². The molecule has 0 amide bonds. The van der Waals surface area contributed by atoms with Crippen LogP contribution in [-0.2, 0) is 32.4 Å². The maximum atomic E-state index is 13.9. The van der Waals surface area contributed by atoms with E-state index in [-0.39, 0.29) is 11.6 Å². The molecule has 2 heterocycles. The number of aryl methyl sites for hydroxylation is 3. The zero-order chi connectivity index (χ0) is 22.8. The number of thiophene rings is 1. The van der Waals surface area contributed by atoms with Crippen LogP contribution in [-0.4, -0.2) is 15.6 Å². The number of nitrogens with one attached hydrogen (secondary N) is 1. The lowest BCUT2D eigenvalue weighted by Crippen LogP contribution is -2.34. The summed E-state index contributed by atoms with van der Waals surface area (Å²) >= 11 is 1.59. The fourth-order valence-corrected chi connectivity index (χ4v) is 5.81. The second-order valence-corrected chi connectivity index (χ2v) is 9.66. The molecule has 1 aliphatic carbocycles. The highest BCUT2D eigenvalue weighted by molar-refractivity contribution is 7.18. The third-order valence-electron chi connectivity index (χ3n) is 6.34. The number of benzene rings is 2. The molecule has 0 radical (unpaired) electrons. The van der Waals surface area contributed by atoms with Crippen molar-refractivity contribution in [1.82, 2.24) is 14.9 Å². The molecule has 4 aromatic rings. The summed E-state index contributed by atoms with van der Waals surface area (Å²) in [7, 11) is 0. The van der Waals surface area contributed by atoms with Gasteiger partial charge in [-0.1, -0.05) is 36.4 Å². The third-order valence-corrected chi connectivity index (χ3v) is 7.50. The highest BCUT2D eigenvalue weighted by atomic mass is 32.1. The summed E-state index contributed by atoms with van der Waals surface area (Å²) < 4.78 is 28.8. The Morgan fingerprint density at radius 2 is 2.00 bits per heavy atom. The van der Waals surface area contributed by atoms with Crippen LogP contribution in [0.3, 0.4) is 0 Å². The van der Waals surface area contributed by atoms with Gasteiger partial charge in [-0.25, -0.2) is 13.8 Å². The first-order valence-corrected chi connectivity index (χ1v) is 12.1. The van der Waals surface area contributed by atoms with Crippen LogP contribution in [0.5, 0.6) is 0 Å². The predicted molar refractivity (Wildman–Crippen MR) is 128 cm³/mol. The molecule has 170 valence electrons. The van der Waals surface area contributed by atoms with Crippen LogP contribution in [0.25, 0.3) is 10.2 Å². The quantitative estimate of drug-likeness (QED) is 0.417. The summed E-state index contributed by atoms with van der Waals surface area (Å²) in [6, 6.07) is 14.1. The lowest BCUT2D eigenvalue weighted by atomic mass is 9.93. The molecule has 0 saturated heterocycles. The van der Waals surface area contributed by atoms with Gasteiger partial charge < -0.3 is 5.32 Å². The highest BCUT2D eigenvalue weighted by Crippen LogP contribution is 2.33. The van der Waals surface area contributed by atoms with E-state index < -0.39 is 11.6 Å². The first-order chi connectivity index (χ1) is 16.1. The van der Waals surface area contributed by atoms with Gasteiger partial charge in [0.15, 0.2) is 0 Å². The molecule has 2 aromatic carbocycles. The summed E-state index contributed by atoms with van der Waals surface area (Å²) in [5.74, 6) is -1.10. The first kappa shape index (κ1) is 21.9. The van der Waals surface area contributed by atoms with Crippen LogP contribution in [0.1, 0.15) is 34.4 Å². The number of aromatic nitrogens is 2. The van der Waals surface area contributed by atoms with Crippen LogP contribution in [0.2, 0.25) is 0 Å². The molecule has 33 heavy (non-hydrogen) atoms. The van der Waals surface area contributed by atoms with E-state index in [1.54, 1.807) is 22.2 Å². The minimum absolute atomic E-state index is 0.0466. The van der Waals surface area contributed by atoms with Crippen molar-refractivity contribution in [3.05, 3.63) is 98.4 Å². The molecule has 0 bridgehead atoms. The zero-order valence-corrected chi connectivity index (χ0v) is 19.0. The summed E-state index contributed by atoms with van der Waals surface area (Å²) in [4.78, 5) is 19.8. The van der Waals surface area contributed by atoms with Crippen molar-refractivity contribution in [2.45, 2.75) is 51.2 Å². The fraction of sp³-hybridized carbons (Fsp3) is 0.308. The molecule has 0 aliphatic heterocycles. The topological polar surface area (TPSA) is 46.9 Å². The van der Waals surface area contributed by atoms with Gasteiger partial charge in [0.2, 0.25) is 0 Å². The van der Waals surface area contributed by atoms with E-state index in [0.717, 1.165) is 54.0 Å². The van der Waals surface area contributed by atoms with E-state index in [0.29, 0.717) is 18.7 Å². The Kier molecular flexibility index (Phi) is 6.33. The maximum absolute atomic E-state index is 13.9. The summed E-state index contributed by atoms with van der Waals surface area (Å²) in [5.41, 5.74) is 2.89. The number of nitrogens with zero attached hydrogens (tertiary/aromatic N) is 2. The summed E-state index contributed by atoms with van der Waals surface area (Å²) in [5, 5.41) is 4.16. The minimum Gasteiger partial charge on any atom is -0.309 e. The Hall–Kier alpha value is -2.90. The molecule has 0 fully saturated rings. The molecule has 2 aromatic heterocycles. The van der Waals surface area contributed by atoms with Crippen molar-refractivity contribution < 1.29 is 8.78 Å². The van der Waals surface area contributed by atoms with E-state index >= 15 is 0 Å². The molecule has 5 rings (SSSR count). The van der Waals surface area contributed by atoms with Crippen LogP contribution in [0.4, 0.5) is 8.78 Å². The monoisotopic (exact) mass is 465 g/mol. The van der Waals surface area contributed by atoms with Gasteiger partial charge in [-0.2, -0.15) is 0 Å². The van der Waals surface area contributed by atoms with Gasteiger partial charge in [-0.15, -0.1) is 11.3 Å². The standard InChI is InChI=1S/C26H25F2N3OS/c27-19-9-8-18(22(28)13-19)15-29-20-10-11-21-23(14-20)33-25-24(21)26(32)31(16-30-25)12-4-7-17-5-2-1-3-6-17/h1-3,5-6,8-9,13,16,20,29H,4,7,10-12,14-15H2. The molecule has 0 saturated carbocycles. The average molecular weight is 466 g/mol. The van der Waals surface area contributed by atoms with Crippen molar-refractivity contribution >= 4 is 21.6 Å². The second-order valence-electron chi connectivity index (χ2n) is 8.57. The van der Waals surface area contributed by atoms with Gasteiger partial charge in [0, 0.05) is 35.6 Å². The predicted octanol–water partition coefficient (Wildman–Crippen LogP) is 5.02. The van der Waals surface area contributed by atoms with Gasteiger partial charge in [-0.3, -0.25) is 9.36 Å². The second kappa shape index (κ2) is 9.53. The molecule has 1 atom stereocenters. The van der Waals surface area contributed by atoms with Gasteiger partial charge in [-0.05, 0) is 49.3 Å². The van der Waals surface area contributed by atoms with Crippen molar-refractivity contribution in [2.75, 3.05) is 0 Å². The van der Waals surface area contributed by atoms with E-state index in [1.165, 1.54) is 22.6 Å². The van der Waals surface area contributed by atoms with Crippen LogP contribution >= 0.6 is 11.3 Å². The van der Waals surface area contributed by atoms with Crippen molar-refractivity contribution in [1.29, 1.82) is 0 Å². The Bertz CT molecular complexity index is 1330. The summed E-state index contributed by atoms with van der Waals surface area (Å²) in [6.45, 7) is 0.998. The summed E-state index contributed by atoms with van der Waals surface area (Å²) in [6.07, 6.45) is 5.93. The lowest BCUT2D eigenvalue weighted by molar-refractivity contribution is 0.454. The van der Waals surface area contributed by atoms with E-state index in [4.69, 9.17) is 0 Å².